The van der Waals surface area contributed by atoms with Gasteiger partial charge < -0.3 is 10.8 Å². The van der Waals surface area contributed by atoms with Crippen LogP contribution in [-0.4, -0.2) is 16.0 Å². The van der Waals surface area contributed by atoms with Gasteiger partial charge in [0, 0.05) is 6.20 Å². The summed E-state index contributed by atoms with van der Waals surface area (Å²) in [7, 11) is 0. The Morgan fingerprint density at radius 3 is 2.57 bits per heavy atom. The molecular weight excluding hydrogens is 201 g/mol. The fourth-order valence-electron chi connectivity index (χ4n) is 0.908. The van der Waals surface area contributed by atoms with E-state index in [2.05, 4.69) is 4.98 Å². The zero-order valence-electron chi connectivity index (χ0n) is 6.67. The summed E-state index contributed by atoms with van der Waals surface area (Å²) in [6, 6.07) is 0. The highest BCUT2D eigenvalue weighted by Crippen LogP contribution is 2.32. The summed E-state index contributed by atoms with van der Waals surface area (Å²) in [5.41, 5.74) is 2.90. The number of halogens is 3. The first-order chi connectivity index (χ1) is 6.45. The quantitative estimate of drug-likeness (QED) is 0.707. The van der Waals surface area contributed by atoms with E-state index in [4.69, 9.17) is 10.8 Å². The molecule has 0 fully saturated rings. The van der Waals surface area contributed by atoms with E-state index in [0.29, 0.717) is 6.20 Å². The average molecular weight is 206 g/mol. The second kappa shape index (κ2) is 3.52. The van der Waals surface area contributed by atoms with Crippen LogP contribution in [0.5, 0.6) is 5.75 Å². The van der Waals surface area contributed by atoms with E-state index in [1.54, 1.807) is 0 Å². The van der Waals surface area contributed by atoms with E-state index in [0.717, 1.165) is 0 Å². The van der Waals surface area contributed by atoms with E-state index in [1.807, 2.05) is 0 Å². The van der Waals surface area contributed by atoms with Crippen molar-refractivity contribution in [3.63, 3.8) is 0 Å². The van der Waals surface area contributed by atoms with Crippen molar-refractivity contribution in [1.82, 2.24) is 4.98 Å². The van der Waals surface area contributed by atoms with Gasteiger partial charge in [-0.05, 0) is 0 Å². The SMILES string of the molecule is NC(=O)c1cnc(F)c(O)c1C(F)F. The summed E-state index contributed by atoms with van der Waals surface area (Å²) in [4.78, 5) is 13.5. The highest BCUT2D eigenvalue weighted by atomic mass is 19.3. The second-order valence-corrected chi connectivity index (χ2v) is 2.39. The molecule has 0 radical (unpaired) electrons. The largest absolute Gasteiger partial charge is 0.503 e. The predicted octanol–water partition coefficient (Wildman–Crippen LogP) is 0.963. The van der Waals surface area contributed by atoms with Gasteiger partial charge in [0.1, 0.15) is 0 Å². The zero-order chi connectivity index (χ0) is 10.9. The molecule has 0 aliphatic rings. The number of carbonyl (C=O) groups excluding carboxylic acids is 1. The average Bonchev–Trinajstić information content (AvgIpc) is 2.08. The number of hydrogen-bond acceptors (Lipinski definition) is 3. The van der Waals surface area contributed by atoms with Gasteiger partial charge >= 0.3 is 0 Å². The summed E-state index contributed by atoms with van der Waals surface area (Å²) in [5, 5.41) is 8.87. The van der Waals surface area contributed by atoms with Crippen LogP contribution in [0.15, 0.2) is 6.20 Å². The van der Waals surface area contributed by atoms with Crippen molar-refractivity contribution in [2.45, 2.75) is 6.43 Å². The van der Waals surface area contributed by atoms with E-state index in [1.165, 1.54) is 0 Å². The molecule has 0 unspecified atom stereocenters. The molecule has 1 aromatic heterocycles. The number of hydrogen-bond donors (Lipinski definition) is 2. The first-order valence-electron chi connectivity index (χ1n) is 3.40. The normalized spacial score (nSPS) is 10.6. The Morgan fingerprint density at radius 2 is 2.14 bits per heavy atom. The number of nitrogens with two attached hydrogens (primary N) is 1. The van der Waals surface area contributed by atoms with Crippen molar-refractivity contribution >= 4 is 5.91 Å². The van der Waals surface area contributed by atoms with E-state index in [9.17, 15) is 18.0 Å². The Labute approximate surface area is 76.2 Å². The Bertz CT molecular complexity index is 381. The minimum absolute atomic E-state index is 0.554. The van der Waals surface area contributed by atoms with Crippen molar-refractivity contribution in [3.8, 4) is 5.75 Å². The van der Waals surface area contributed by atoms with E-state index in [-0.39, 0.29) is 0 Å². The number of carbonyl (C=O) groups is 1. The first kappa shape index (κ1) is 10.3. The molecule has 0 aliphatic carbocycles. The van der Waals surface area contributed by atoms with Crippen molar-refractivity contribution in [3.05, 3.63) is 23.3 Å². The van der Waals surface area contributed by atoms with Gasteiger partial charge in [-0.3, -0.25) is 4.79 Å². The fourth-order valence-corrected chi connectivity index (χ4v) is 0.908. The maximum atomic E-state index is 12.5. The molecule has 0 saturated carbocycles. The molecule has 1 aromatic rings. The van der Waals surface area contributed by atoms with Crippen LogP contribution >= 0.6 is 0 Å². The Kier molecular flexibility index (Phi) is 2.59. The Hall–Kier alpha value is -1.79. The Balaban J connectivity index is 3.45. The summed E-state index contributed by atoms with van der Waals surface area (Å²) in [5.74, 6) is -4.02. The minimum Gasteiger partial charge on any atom is -0.503 e. The third-order valence-corrected chi connectivity index (χ3v) is 1.53. The monoisotopic (exact) mass is 206 g/mol. The molecule has 3 N–H and O–H groups in total. The third kappa shape index (κ3) is 1.61. The summed E-state index contributed by atoms with van der Waals surface area (Å²) >= 11 is 0. The van der Waals surface area contributed by atoms with Crippen molar-refractivity contribution in [1.29, 1.82) is 0 Å². The first-order valence-corrected chi connectivity index (χ1v) is 3.40. The molecule has 14 heavy (non-hydrogen) atoms. The number of pyridine rings is 1. The second-order valence-electron chi connectivity index (χ2n) is 2.39. The van der Waals surface area contributed by atoms with Gasteiger partial charge in [0.05, 0.1) is 11.1 Å². The molecule has 1 rings (SSSR count). The lowest BCUT2D eigenvalue weighted by Gasteiger charge is -2.07. The molecule has 0 bridgehead atoms. The lowest BCUT2D eigenvalue weighted by atomic mass is 10.1. The number of rotatable bonds is 2. The number of alkyl halides is 2. The third-order valence-electron chi connectivity index (χ3n) is 1.53. The molecule has 0 saturated heterocycles. The molecule has 0 atom stereocenters. The maximum Gasteiger partial charge on any atom is 0.268 e. The highest BCUT2D eigenvalue weighted by Gasteiger charge is 2.24. The van der Waals surface area contributed by atoms with Gasteiger partial charge in [-0.15, -0.1) is 0 Å². The van der Waals surface area contributed by atoms with Crippen LogP contribution in [0, 0.1) is 5.95 Å². The number of primary amides is 1. The zero-order valence-corrected chi connectivity index (χ0v) is 6.67. The van der Waals surface area contributed by atoms with Crippen molar-refractivity contribution < 1.29 is 23.1 Å². The lowest BCUT2D eigenvalue weighted by Crippen LogP contribution is -2.15. The number of aromatic hydroxyl groups is 1. The van der Waals surface area contributed by atoms with Crippen LogP contribution in [0.3, 0.4) is 0 Å². The van der Waals surface area contributed by atoms with Gasteiger partial charge in [-0.2, -0.15) is 4.39 Å². The molecule has 0 spiro atoms. The van der Waals surface area contributed by atoms with Crippen LogP contribution in [0.2, 0.25) is 0 Å². The van der Waals surface area contributed by atoms with Gasteiger partial charge in [-0.1, -0.05) is 0 Å². The molecular formula is C7H5F3N2O2. The van der Waals surface area contributed by atoms with Gasteiger partial charge in [-0.25, -0.2) is 13.8 Å². The van der Waals surface area contributed by atoms with Crippen molar-refractivity contribution in [2.75, 3.05) is 0 Å². The van der Waals surface area contributed by atoms with E-state index >= 15 is 0 Å². The number of nitrogens with zero attached hydrogens (tertiary/aromatic N) is 1. The summed E-state index contributed by atoms with van der Waals surface area (Å²) < 4.78 is 37.1. The van der Waals surface area contributed by atoms with Crippen LogP contribution in [0.4, 0.5) is 13.2 Å². The lowest BCUT2D eigenvalue weighted by molar-refractivity contribution is 0.0982. The maximum absolute atomic E-state index is 12.5. The van der Waals surface area contributed by atoms with Gasteiger partial charge in [0.2, 0.25) is 0 Å². The molecule has 76 valence electrons. The minimum atomic E-state index is -3.20. The van der Waals surface area contributed by atoms with Crippen LogP contribution in [0.25, 0.3) is 0 Å². The molecule has 1 heterocycles. The predicted molar refractivity (Wildman–Crippen MR) is 39.3 cm³/mol. The van der Waals surface area contributed by atoms with Gasteiger partial charge in [0.15, 0.2) is 5.75 Å². The number of aromatic nitrogens is 1. The number of amides is 1. The Morgan fingerprint density at radius 1 is 1.57 bits per heavy atom. The summed E-state index contributed by atoms with van der Waals surface area (Å²) in [6.45, 7) is 0. The van der Waals surface area contributed by atoms with E-state index < -0.39 is 35.2 Å². The van der Waals surface area contributed by atoms with Crippen LogP contribution in [0.1, 0.15) is 22.3 Å². The molecule has 0 aliphatic heterocycles. The topological polar surface area (TPSA) is 76.2 Å². The van der Waals surface area contributed by atoms with Crippen molar-refractivity contribution in [2.24, 2.45) is 5.73 Å². The molecule has 7 heteroatoms. The van der Waals surface area contributed by atoms with Crippen LogP contribution < -0.4 is 5.73 Å². The molecule has 4 nitrogen and oxygen atoms in total. The molecule has 1 amide bonds. The standard InChI is InChI=1S/C7H5F3N2O2/c8-5(9)3-2(7(11)14)1-12-6(10)4(3)13/h1,5,13H,(H2,11,14). The fraction of sp³-hybridized carbons (Fsp3) is 0.143. The highest BCUT2D eigenvalue weighted by molar-refractivity contribution is 5.94. The molecule has 0 aromatic carbocycles. The smallest absolute Gasteiger partial charge is 0.268 e. The summed E-state index contributed by atoms with van der Waals surface area (Å²) in [6.07, 6.45) is -2.64. The van der Waals surface area contributed by atoms with Gasteiger partial charge in [0.25, 0.3) is 18.3 Å². The van der Waals surface area contributed by atoms with Crippen LogP contribution in [-0.2, 0) is 0 Å².